The van der Waals surface area contributed by atoms with Gasteiger partial charge in [0.05, 0.1) is 18.2 Å². The number of nitriles is 1. The first-order chi connectivity index (χ1) is 14.7. The maximum atomic E-state index is 13.3. The van der Waals surface area contributed by atoms with Gasteiger partial charge in [0.15, 0.2) is 0 Å². The molecule has 0 aliphatic heterocycles. The fourth-order valence-electron chi connectivity index (χ4n) is 3.31. The van der Waals surface area contributed by atoms with Gasteiger partial charge in [-0.1, -0.05) is 26.8 Å². The van der Waals surface area contributed by atoms with E-state index in [9.17, 15) is 9.59 Å². The van der Waals surface area contributed by atoms with E-state index in [4.69, 9.17) is 5.26 Å². The van der Waals surface area contributed by atoms with Gasteiger partial charge in [-0.15, -0.1) is 0 Å². The Morgan fingerprint density at radius 1 is 1.19 bits per heavy atom. The molecule has 0 saturated carbocycles. The van der Waals surface area contributed by atoms with Crippen molar-refractivity contribution in [3.63, 3.8) is 0 Å². The molecule has 1 heterocycles. The Labute approximate surface area is 185 Å². The number of amides is 3. The van der Waals surface area contributed by atoms with Gasteiger partial charge in [0.2, 0.25) is 5.91 Å². The Morgan fingerprint density at radius 3 is 2.52 bits per heavy atom. The normalized spacial score (nSPS) is 11.6. The number of rotatable bonds is 9. The molecule has 1 aromatic heterocycles. The van der Waals surface area contributed by atoms with Crippen LogP contribution in [0, 0.1) is 17.2 Å². The zero-order chi connectivity index (χ0) is 23.0. The van der Waals surface area contributed by atoms with E-state index in [2.05, 4.69) is 25.2 Å². The second kappa shape index (κ2) is 11.2. The molecular weight excluding hydrogens is 390 g/mol. The van der Waals surface area contributed by atoms with Crippen LogP contribution >= 0.6 is 0 Å². The molecule has 31 heavy (non-hydrogen) atoms. The number of aromatic nitrogens is 1. The number of carbonyl (C=O) groups excluding carboxylic acids is 2. The van der Waals surface area contributed by atoms with Crippen molar-refractivity contribution < 1.29 is 9.59 Å². The molecule has 7 heteroatoms. The van der Waals surface area contributed by atoms with Gasteiger partial charge >= 0.3 is 6.03 Å². The van der Waals surface area contributed by atoms with Gasteiger partial charge in [0.25, 0.3) is 0 Å². The first kappa shape index (κ1) is 24.0. The molecule has 2 aromatic rings. The number of urea groups is 1. The molecule has 166 valence electrons. The summed E-state index contributed by atoms with van der Waals surface area (Å²) in [5, 5.41) is 11.9. The number of hydrogen-bond acceptors (Lipinski definition) is 3. The van der Waals surface area contributed by atoms with Crippen LogP contribution < -0.4 is 5.32 Å². The van der Waals surface area contributed by atoms with Crippen molar-refractivity contribution in [1.29, 1.82) is 5.26 Å². The highest BCUT2D eigenvalue weighted by Gasteiger charge is 2.25. The molecule has 2 rings (SSSR count). The topological polar surface area (TPSA) is 81.4 Å². The summed E-state index contributed by atoms with van der Waals surface area (Å²) in [6.45, 7) is 9.18. The monoisotopic (exact) mass is 423 g/mol. The standard InChI is InChI=1S/C24H33N5O2/c1-6-19(4)29(24(31)26-21-10-7-9-20(13-21)14-25)17-23(30)28(15-18(2)3)16-22-11-8-12-27(22)5/h7-13,18-19H,6,15-17H2,1-5H3,(H,26,31). The molecule has 0 aliphatic carbocycles. The van der Waals surface area contributed by atoms with Crippen LogP contribution in [0.2, 0.25) is 0 Å². The Morgan fingerprint density at radius 2 is 1.94 bits per heavy atom. The SMILES string of the molecule is CCC(C)N(CC(=O)N(Cc1cccn1C)CC(C)C)C(=O)Nc1cccc(C#N)c1. The van der Waals surface area contributed by atoms with Crippen molar-refractivity contribution in [1.82, 2.24) is 14.4 Å². The fraction of sp³-hybridized carbons (Fsp3) is 0.458. The molecule has 1 atom stereocenters. The summed E-state index contributed by atoms with van der Waals surface area (Å²) in [6, 6.07) is 12.3. The smallest absolute Gasteiger partial charge is 0.322 e. The number of carbonyl (C=O) groups is 2. The van der Waals surface area contributed by atoms with Crippen molar-refractivity contribution in [2.45, 2.75) is 46.7 Å². The molecule has 0 saturated heterocycles. The van der Waals surface area contributed by atoms with E-state index in [0.717, 1.165) is 12.1 Å². The lowest BCUT2D eigenvalue weighted by atomic mass is 10.2. The van der Waals surface area contributed by atoms with Crippen molar-refractivity contribution in [2.75, 3.05) is 18.4 Å². The van der Waals surface area contributed by atoms with E-state index >= 15 is 0 Å². The summed E-state index contributed by atoms with van der Waals surface area (Å²) < 4.78 is 2.00. The van der Waals surface area contributed by atoms with E-state index in [1.807, 2.05) is 48.7 Å². The third-order valence-electron chi connectivity index (χ3n) is 5.27. The molecule has 0 bridgehead atoms. The number of anilines is 1. The summed E-state index contributed by atoms with van der Waals surface area (Å²) in [5.74, 6) is 0.222. The maximum absolute atomic E-state index is 13.3. The van der Waals surface area contributed by atoms with Gasteiger partial charge < -0.3 is 19.7 Å². The molecular formula is C24H33N5O2. The molecule has 7 nitrogen and oxygen atoms in total. The van der Waals surface area contributed by atoms with E-state index < -0.39 is 0 Å². The summed E-state index contributed by atoms with van der Waals surface area (Å²) in [4.78, 5) is 29.7. The van der Waals surface area contributed by atoms with Crippen LogP contribution in [-0.2, 0) is 18.4 Å². The van der Waals surface area contributed by atoms with E-state index in [1.54, 1.807) is 29.2 Å². The van der Waals surface area contributed by atoms with Crippen LogP contribution in [0.3, 0.4) is 0 Å². The van der Waals surface area contributed by atoms with Crippen LogP contribution in [0.5, 0.6) is 0 Å². The van der Waals surface area contributed by atoms with E-state index in [-0.39, 0.29) is 24.5 Å². The van der Waals surface area contributed by atoms with Gasteiger partial charge in [-0.05, 0) is 49.6 Å². The summed E-state index contributed by atoms with van der Waals surface area (Å²) >= 11 is 0. The van der Waals surface area contributed by atoms with Gasteiger partial charge in [0, 0.05) is 37.2 Å². The lowest BCUT2D eigenvalue weighted by Crippen LogP contribution is -2.48. The van der Waals surface area contributed by atoms with Crippen LogP contribution in [0.25, 0.3) is 0 Å². The zero-order valence-electron chi connectivity index (χ0n) is 19.1. The predicted octanol–water partition coefficient (Wildman–Crippen LogP) is 4.21. The molecule has 0 radical (unpaired) electrons. The van der Waals surface area contributed by atoms with Crippen molar-refractivity contribution in [3.8, 4) is 6.07 Å². The third-order valence-corrected chi connectivity index (χ3v) is 5.27. The minimum absolute atomic E-state index is 0.00404. The summed E-state index contributed by atoms with van der Waals surface area (Å²) in [5.41, 5.74) is 2.05. The summed E-state index contributed by atoms with van der Waals surface area (Å²) in [6.07, 6.45) is 2.68. The van der Waals surface area contributed by atoms with Gasteiger partial charge in [-0.2, -0.15) is 5.26 Å². The highest BCUT2D eigenvalue weighted by Crippen LogP contribution is 2.15. The number of hydrogen-bond donors (Lipinski definition) is 1. The Hall–Kier alpha value is -3.27. The molecule has 1 aromatic carbocycles. The number of aryl methyl sites for hydroxylation is 1. The number of nitrogens with zero attached hydrogens (tertiary/aromatic N) is 4. The first-order valence-corrected chi connectivity index (χ1v) is 10.7. The minimum Gasteiger partial charge on any atom is -0.353 e. The first-order valence-electron chi connectivity index (χ1n) is 10.7. The lowest BCUT2D eigenvalue weighted by Gasteiger charge is -2.32. The zero-order valence-corrected chi connectivity index (χ0v) is 19.1. The van der Waals surface area contributed by atoms with Crippen molar-refractivity contribution in [2.24, 2.45) is 13.0 Å². The van der Waals surface area contributed by atoms with Gasteiger partial charge in [0.1, 0.15) is 6.54 Å². The number of benzene rings is 1. The second-order valence-electron chi connectivity index (χ2n) is 8.29. The third kappa shape index (κ3) is 6.88. The van der Waals surface area contributed by atoms with Crippen molar-refractivity contribution >= 4 is 17.6 Å². The Bertz CT molecular complexity index is 928. The highest BCUT2D eigenvalue weighted by molar-refractivity contribution is 5.92. The second-order valence-corrected chi connectivity index (χ2v) is 8.29. The molecule has 0 aliphatic rings. The Balaban J connectivity index is 2.17. The minimum atomic E-state index is -0.346. The van der Waals surface area contributed by atoms with Crippen LogP contribution in [0.4, 0.5) is 10.5 Å². The van der Waals surface area contributed by atoms with Crippen molar-refractivity contribution in [3.05, 3.63) is 53.9 Å². The average Bonchev–Trinajstić information content (AvgIpc) is 3.14. The molecule has 0 fully saturated rings. The molecule has 1 N–H and O–H groups in total. The highest BCUT2D eigenvalue weighted by atomic mass is 16.2. The van der Waals surface area contributed by atoms with E-state index in [0.29, 0.717) is 30.3 Å². The molecule has 3 amide bonds. The van der Waals surface area contributed by atoms with Crippen LogP contribution in [-0.4, -0.2) is 45.4 Å². The lowest BCUT2D eigenvalue weighted by molar-refractivity contribution is -0.133. The van der Waals surface area contributed by atoms with Crippen LogP contribution in [0.1, 0.15) is 45.4 Å². The molecule has 0 spiro atoms. The fourth-order valence-corrected chi connectivity index (χ4v) is 3.31. The number of nitrogens with one attached hydrogen (secondary N) is 1. The quantitative estimate of drug-likeness (QED) is 0.656. The average molecular weight is 424 g/mol. The Kier molecular flexibility index (Phi) is 8.68. The van der Waals surface area contributed by atoms with Gasteiger partial charge in [-0.25, -0.2) is 4.79 Å². The molecule has 1 unspecified atom stereocenters. The van der Waals surface area contributed by atoms with Crippen LogP contribution in [0.15, 0.2) is 42.6 Å². The largest absolute Gasteiger partial charge is 0.353 e. The maximum Gasteiger partial charge on any atom is 0.322 e. The predicted molar refractivity (Wildman–Crippen MR) is 122 cm³/mol. The van der Waals surface area contributed by atoms with Gasteiger partial charge in [-0.3, -0.25) is 4.79 Å². The summed E-state index contributed by atoms with van der Waals surface area (Å²) in [7, 11) is 1.96. The van der Waals surface area contributed by atoms with E-state index in [1.165, 1.54) is 0 Å².